The molecule has 1 unspecified atom stereocenters. The number of benzene rings is 2. The SMILES string of the molecule is CCCCCC(C)N(c1ccccc1)c1cc(C)c(O[Si](C)(C)C(C)(C)C)c(C)c1. The Bertz CT molecular complexity index is 784. The first kappa shape index (κ1) is 24.5. The summed E-state index contributed by atoms with van der Waals surface area (Å²) in [6.07, 6.45) is 5.02. The average molecular weight is 426 g/mol. The summed E-state index contributed by atoms with van der Waals surface area (Å²) in [5, 5.41) is 0.189. The second-order valence-electron chi connectivity index (χ2n) is 10.3. The normalized spacial score (nSPS) is 13.2. The van der Waals surface area contributed by atoms with Crippen LogP contribution >= 0.6 is 0 Å². The van der Waals surface area contributed by atoms with E-state index in [0.717, 1.165) is 5.75 Å². The van der Waals surface area contributed by atoms with Crippen molar-refractivity contribution in [3.05, 3.63) is 53.6 Å². The number of para-hydroxylation sites is 1. The van der Waals surface area contributed by atoms with E-state index in [9.17, 15) is 0 Å². The van der Waals surface area contributed by atoms with E-state index in [1.54, 1.807) is 0 Å². The van der Waals surface area contributed by atoms with Crippen LogP contribution < -0.4 is 9.33 Å². The molecule has 2 aromatic rings. The van der Waals surface area contributed by atoms with Crippen LogP contribution in [0.4, 0.5) is 11.4 Å². The quantitative estimate of drug-likeness (QED) is 0.294. The summed E-state index contributed by atoms with van der Waals surface area (Å²) >= 11 is 0. The van der Waals surface area contributed by atoms with E-state index in [0.29, 0.717) is 6.04 Å². The standard InChI is InChI=1S/C27H43NOSi/c1-10-11-13-16-23(4)28(24-17-14-12-15-18-24)25-19-21(2)26(22(3)20-25)29-30(8,9)27(5,6)7/h12,14-15,17-20,23H,10-11,13,16H2,1-9H3. The maximum atomic E-state index is 6.73. The van der Waals surface area contributed by atoms with Gasteiger partial charge in [0.05, 0.1) is 0 Å². The topological polar surface area (TPSA) is 12.5 Å². The van der Waals surface area contributed by atoms with Crippen LogP contribution in [0.2, 0.25) is 18.1 Å². The maximum Gasteiger partial charge on any atom is 0.250 e. The molecule has 0 N–H and O–H groups in total. The van der Waals surface area contributed by atoms with Gasteiger partial charge in [-0.25, -0.2) is 0 Å². The maximum absolute atomic E-state index is 6.73. The summed E-state index contributed by atoms with van der Waals surface area (Å²) in [4.78, 5) is 2.51. The highest BCUT2D eigenvalue weighted by molar-refractivity contribution is 6.74. The van der Waals surface area contributed by atoms with Gasteiger partial charge in [0.1, 0.15) is 5.75 Å². The van der Waals surface area contributed by atoms with E-state index in [1.807, 2.05) is 0 Å². The molecule has 0 aromatic heterocycles. The van der Waals surface area contributed by atoms with Crippen LogP contribution in [0.5, 0.6) is 5.75 Å². The molecule has 0 radical (unpaired) electrons. The highest BCUT2D eigenvalue weighted by Crippen LogP contribution is 2.41. The van der Waals surface area contributed by atoms with Crippen molar-refractivity contribution in [1.82, 2.24) is 0 Å². The zero-order chi connectivity index (χ0) is 22.5. The Morgan fingerprint density at radius 2 is 1.50 bits per heavy atom. The van der Waals surface area contributed by atoms with Crippen LogP contribution in [0.15, 0.2) is 42.5 Å². The third kappa shape index (κ3) is 5.91. The van der Waals surface area contributed by atoms with Crippen LogP contribution in [0, 0.1) is 13.8 Å². The van der Waals surface area contributed by atoms with Crippen LogP contribution in [-0.4, -0.2) is 14.4 Å². The molecule has 0 spiro atoms. The van der Waals surface area contributed by atoms with Crippen molar-refractivity contribution in [1.29, 1.82) is 0 Å². The lowest BCUT2D eigenvalue weighted by Gasteiger charge is -2.38. The second-order valence-corrected chi connectivity index (χ2v) is 15.0. The Hall–Kier alpha value is -1.74. The molecule has 0 amide bonds. The lowest BCUT2D eigenvalue weighted by atomic mass is 10.0. The molecule has 0 heterocycles. The molecule has 166 valence electrons. The molecule has 30 heavy (non-hydrogen) atoms. The van der Waals surface area contributed by atoms with Crippen molar-refractivity contribution in [3.8, 4) is 5.75 Å². The molecule has 0 fully saturated rings. The Kier molecular flexibility index (Phi) is 8.21. The molecular weight excluding hydrogens is 382 g/mol. The molecule has 3 heteroatoms. The minimum atomic E-state index is -1.87. The first-order valence-corrected chi connectivity index (χ1v) is 14.5. The zero-order valence-corrected chi connectivity index (χ0v) is 21.8. The molecule has 2 nitrogen and oxygen atoms in total. The third-order valence-corrected chi connectivity index (χ3v) is 10.9. The molecule has 0 aliphatic heterocycles. The lowest BCUT2D eigenvalue weighted by Crippen LogP contribution is -2.44. The summed E-state index contributed by atoms with van der Waals surface area (Å²) in [5.74, 6) is 1.08. The Balaban J connectivity index is 2.43. The monoisotopic (exact) mass is 425 g/mol. The van der Waals surface area contributed by atoms with Crippen molar-refractivity contribution < 1.29 is 4.43 Å². The van der Waals surface area contributed by atoms with Crippen molar-refractivity contribution in [3.63, 3.8) is 0 Å². The fourth-order valence-electron chi connectivity index (χ4n) is 3.70. The Morgan fingerprint density at radius 3 is 2.00 bits per heavy atom. The van der Waals surface area contributed by atoms with Crippen molar-refractivity contribution >= 4 is 19.7 Å². The number of unbranched alkanes of at least 4 members (excludes halogenated alkanes) is 2. The predicted molar refractivity (Wildman–Crippen MR) is 136 cm³/mol. The van der Waals surface area contributed by atoms with Crippen LogP contribution in [0.25, 0.3) is 0 Å². The van der Waals surface area contributed by atoms with Gasteiger partial charge >= 0.3 is 0 Å². The van der Waals surface area contributed by atoms with E-state index in [2.05, 4.69) is 109 Å². The van der Waals surface area contributed by atoms with E-state index in [4.69, 9.17) is 4.43 Å². The fraction of sp³-hybridized carbons (Fsp3) is 0.556. The molecule has 0 aliphatic rings. The summed E-state index contributed by atoms with van der Waals surface area (Å²) < 4.78 is 6.73. The minimum absolute atomic E-state index is 0.189. The third-order valence-electron chi connectivity index (χ3n) is 6.59. The summed E-state index contributed by atoms with van der Waals surface area (Å²) in [6.45, 7) is 20.6. The molecule has 2 aromatic carbocycles. The Labute approximate surface area is 186 Å². The first-order valence-electron chi connectivity index (χ1n) is 11.6. The molecule has 0 aliphatic carbocycles. The van der Waals surface area contributed by atoms with Crippen molar-refractivity contribution in [2.75, 3.05) is 4.90 Å². The van der Waals surface area contributed by atoms with Crippen LogP contribution in [-0.2, 0) is 0 Å². The van der Waals surface area contributed by atoms with E-state index in [1.165, 1.54) is 48.2 Å². The van der Waals surface area contributed by atoms with Gasteiger partial charge < -0.3 is 9.33 Å². The number of hydrogen-bond donors (Lipinski definition) is 0. The van der Waals surface area contributed by atoms with Gasteiger partial charge in [-0.2, -0.15) is 0 Å². The van der Waals surface area contributed by atoms with Crippen molar-refractivity contribution in [2.45, 2.75) is 98.3 Å². The zero-order valence-electron chi connectivity index (χ0n) is 20.8. The molecule has 2 rings (SSSR count). The van der Waals surface area contributed by atoms with E-state index < -0.39 is 8.32 Å². The van der Waals surface area contributed by atoms with Gasteiger partial charge in [-0.05, 0) is 80.7 Å². The number of hydrogen-bond acceptors (Lipinski definition) is 2. The lowest BCUT2D eigenvalue weighted by molar-refractivity contribution is 0.486. The highest BCUT2D eigenvalue weighted by atomic mass is 28.4. The number of aryl methyl sites for hydroxylation is 2. The minimum Gasteiger partial charge on any atom is -0.543 e. The number of anilines is 2. The molecule has 0 saturated heterocycles. The fourth-order valence-corrected chi connectivity index (χ4v) is 4.84. The number of nitrogens with zero attached hydrogens (tertiary/aromatic N) is 1. The van der Waals surface area contributed by atoms with Gasteiger partial charge in [-0.3, -0.25) is 0 Å². The first-order chi connectivity index (χ1) is 14.0. The second kappa shape index (κ2) is 10.0. The van der Waals surface area contributed by atoms with Crippen LogP contribution in [0.3, 0.4) is 0 Å². The smallest absolute Gasteiger partial charge is 0.250 e. The van der Waals surface area contributed by atoms with Gasteiger partial charge in [-0.15, -0.1) is 0 Å². The predicted octanol–water partition coefficient (Wildman–Crippen LogP) is 8.79. The summed E-state index contributed by atoms with van der Waals surface area (Å²) in [5.41, 5.74) is 4.99. The Morgan fingerprint density at radius 1 is 0.933 bits per heavy atom. The number of rotatable bonds is 9. The van der Waals surface area contributed by atoms with Gasteiger partial charge in [0.15, 0.2) is 0 Å². The molecular formula is C27H43NOSi. The van der Waals surface area contributed by atoms with Gasteiger partial charge in [0, 0.05) is 17.4 Å². The van der Waals surface area contributed by atoms with Gasteiger partial charge in [-0.1, -0.05) is 65.2 Å². The van der Waals surface area contributed by atoms with Crippen LogP contribution in [0.1, 0.15) is 71.4 Å². The summed E-state index contributed by atoms with van der Waals surface area (Å²) in [7, 11) is -1.87. The summed E-state index contributed by atoms with van der Waals surface area (Å²) in [6, 6.07) is 15.9. The molecule has 0 saturated carbocycles. The van der Waals surface area contributed by atoms with Gasteiger partial charge in [0.2, 0.25) is 0 Å². The van der Waals surface area contributed by atoms with E-state index in [-0.39, 0.29) is 5.04 Å². The van der Waals surface area contributed by atoms with Gasteiger partial charge in [0.25, 0.3) is 8.32 Å². The van der Waals surface area contributed by atoms with E-state index >= 15 is 0 Å². The van der Waals surface area contributed by atoms with Crippen molar-refractivity contribution in [2.24, 2.45) is 0 Å². The molecule has 1 atom stereocenters. The average Bonchev–Trinajstić information content (AvgIpc) is 2.65. The largest absolute Gasteiger partial charge is 0.543 e. The highest BCUT2D eigenvalue weighted by Gasteiger charge is 2.39. The molecule has 0 bridgehead atoms.